The van der Waals surface area contributed by atoms with Crippen LogP contribution in [0.25, 0.3) is 33.9 Å². The van der Waals surface area contributed by atoms with Crippen molar-refractivity contribution in [1.29, 1.82) is 0 Å². The lowest BCUT2D eigenvalue weighted by molar-refractivity contribution is 0.432. The molecular formula is C14H9N5O2. The van der Waals surface area contributed by atoms with Crippen LogP contribution in [0.15, 0.2) is 52.2 Å². The molecule has 0 saturated carbocycles. The van der Waals surface area contributed by atoms with E-state index in [1.807, 2.05) is 18.2 Å². The quantitative estimate of drug-likeness (QED) is 0.584. The Balaban J connectivity index is 1.76. The molecular weight excluding hydrogens is 270 g/mol. The largest absolute Gasteiger partial charge is 0.345 e. The predicted molar refractivity (Wildman–Crippen MR) is 75.4 cm³/mol. The number of pyridine rings is 1. The maximum atomic E-state index is 11.0. The maximum Gasteiger partial charge on any atom is 0.258 e. The van der Waals surface area contributed by atoms with Crippen LogP contribution in [0.3, 0.4) is 0 Å². The van der Waals surface area contributed by atoms with E-state index in [2.05, 4.69) is 25.1 Å². The minimum Gasteiger partial charge on any atom is -0.345 e. The second kappa shape index (κ2) is 4.41. The molecule has 0 atom stereocenters. The number of imidazole rings is 1. The fourth-order valence-electron chi connectivity index (χ4n) is 2.08. The summed E-state index contributed by atoms with van der Waals surface area (Å²) in [5, 5.41) is 3.93. The molecule has 3 aromatic heterocycles. The van der Waals surface area contributed by atoms with Gasteiger partial charge in [-0.05, 0) is 24.3 Å². The average molecular weight is 279 g/mol. The van der Waals surface area contributed by atoms with Crippen LogP contribution < -0.4 is 5.56 Å². The van der Waals surface area contributed by atoms with E-state index in [0.29, 0.717) is 17.3 Å². The third kappa shape index (κ3) is 2.00. The van der Waals surface area contributed by atoms with Gasteiger partial charge in [-0.15, -0.1) is 0 Å². The summed E-state index contributed by atoms with van der Waals surface area (Å²) in [4.78, 5) is 25.2. The van der Waals surface area contributed by atoms with Crippen molar-refractivity contribution in [2.45, 2.75) is 0 Å². The molecule has 102 valence electrons. The van der Waals surface area contributed by atoms with E-state index in [1.165, 1.54) is 6.07 Å². The van der Waals surface area contributed by atoms with Crippen LogP contribution in [0.5, 0.6) is 0 Å². The number of H-pyrrole nitrogens is 2. The van der Waals surface area contributed by atoms with Crippen molar-refractivity contribution in [3.8, 4) is 22.8 Å². The zero-order chi connectivity index (χ0) is 14.2. The normalized spacial score (nSPS) is 11.0. The highest BCUT2D eigenvalue weighted by Crippen LogP contribution is 2.23. The molecule has 2 N–H and O–H groups in total. The Morgan fingerprint density at radius 3 is 2.81 bits per heavy atom. The van der Waals surface area contributed by atoms with Crippen molar-refractivity contribution in [1.82, 2.24) is 25.1 Å². The molecule has 7 nitrogen and oxygen atoms in total. The van der Waals surface area contributed by atoms with Gasteiger partial charge in [-0.2, -0.15) is 4.98 Å². The zero-order valence-electron chi connectivity index (χ0n) is 10.7. The first-order valence-corrected chi connectivity index (χ1v) is 6.26. The van der Waals surface area contributed by atoms with Gasteiger partial charge in [0.15, 0.2) is 0 Å². The number of aromatic nitrogens is 5. The molecule has 0 unspecified atom stereocenters. The van der Waals surface area contributed by atoms with Gasteiger partial charge < -0.3 is 14.5 Å². The van der Waals surface area contributed by atoms with Crippen LogP contribution in [-0.2, 0) is 0 Å². The molecule has 0 spiro atoms. The Morgan fingerprint density at radius 1 is 1.05 bits per heavy atom. The monoisotopic (exact) mass is 279 g/mol. The first-order valence-electron chi connectivity index (χ1n) is 6.26. The molecule has 0 aliphatic rings. The molecule has 0 bridgehead atoms. The van der Waals surface area contributed by atoms with E-state index in [-0.39, 0.29) is 5.56 Å². The molecule has 1 aromatic carbocycles. The lowest BCUT2D eigenvalue weighted by Gasteiger charge is -1.94. The third-order valence-corrected chi connectivity index (χ3v) is 3.14. The molecule has 4 aromatic rings. The standard InChI is InChI=1S/C14H9N5O2/c20-12-4-2-9(6-15-12)13-18-14(21-19-13)8-1-3-10-11(5-8)17-7-16-10/h1-7H,(H,15,20)(H,16,17). The molecule has 0 radical (unpaired) electrons. The minimum atomic E-state index is -0.174. The van der Waals surface area contributed by atoms with Crippen molar-refractivity contribution in [3.05, 3.63) is 53.2 Å². The summed E-state index contributed by atoms with van der Waals surface area (Å²) in [6, 6.07) is 8.71. The van der Waals surface area contributed by atoms with Gasteiger partial charge in [-0.25, -0.2) is 4.98 Å². The van der Waals surface area contributed by atoms with Crippen molar-refractivity contribution in [2.75, 3.05) is 0 Å². The molecule has 4 rings (SSSR count). The summed E-state index contributed by atoms with van der Waals surface area (Å²) >= 11 is 0. The van der Waals surface area contributed by atoms with Crippen LogP contribution in [0.2, 0.25) is 0 Å². The lowest BCUT2D eigenvalue weighted by Crippen LogP contribution is -2.01. The van der Waals surface area contributed by atoms with Crippen molar-refractivity contribution in [3.63, 3.8) is 0 Å². The van der Waals surface area contributed by atoms with Gasteiger partial charge in [0.25, 0.3) is 5.89 Å². The van der Waals surface area contributed by atoms with Gasteiger partial charge >= 0.3 is 0 Å². The molecule has 7 heteroatoms. The molecule has 21 heavy (non-hydrogen) atoms. The highest BCUT2D eigenvalue weighted by atomic mass is 16.5. The molecule has 0 aliphatic heterocycles. The van der Waals surface area contributed by atoms with E-state index in [4.69, 9.17) is 4.52 Å². The van der Waals surface area contributed by atoms with E-state index < -0.39 is 0 Å². The maximum absolute atomic E-state index is 11.0. The predicted octanol–water partition coefficient (Wildman–Crippen LogP) is 1.97. The fourth-order valence-corrected chi connectivity index (χ4v) is 2.08. The Bertz CT molecular complexity index is 962. The first-order chi connectivity index (χ1) is 10.3. The van der Waals surface area contributed by atoms with Crippen molar-refractivity contribution >= 4 is 11.0 Å². The van der Waals surface area contributed by atoms with Crippen molar-refractivity contribution in [2.24, 2.45) is 0 Å². The summed E-state index contributed by atoms with van der Waals surface area (Å²) in [6.07, 6.45) is 3.18. The van der Waals surface area contributed by atoms with Gasteiger partial charge in [-0.1, -0.05) is 5.16 Å². The van der Waals surface area contributed by atoms with E-state index in [0.717, 1.165) is 16.6 Å². The SMILES string of the molecule is O=c1ccc(-c2noc(-c3ccc4nc[nH]c4c3)n2)c[nH]1. The molecule has 0 aliphatic carbocycles. The average Bonchev–Trinajstić information content (AvgIpc) is 3.16. The van der Waals surface area contributed by atoms with Gasteiger partial charge in [0.05, 0.1) is 17.4 Å². The minimum absolute atomic E-state index is 0.174. The highest BCUT2D eigenvalue weighted by molar-refractivity contribution is 5.79. The fraction of sp³-hybridized carbons (Fsp3) is 0. The van der Waals surface area contributed by atoms with Gasteiger partial charge in [0, 0.05) is 23.4 Å². The molecule has 0 fully saturated rings. The van der Waals surface area contributed by atoms with E-state index in [9.17, 15) is 4.79 Å². The number of nitrogens with zero attached hydrogens (tertiary/aromatic N) is 3. The Kier molecular flexibility index (Phi) is 2.43. The number of nitrogens with one attached hydrogen (secondary N) is 2. The topological polar surface area (TPSA) is 100 Å². The van der Waals surface area contributed by atoms with Gasteiger partial charge in [0.1, 0.15) is 0 Å². The zero-order valence-corrected chi connectivity index (χ0v) is 10.7. The lowest BCUT2D eigenvalue weighted by atomic mass is 10.2. The Hall–Kier alpha value is -3.22. The Morgan fingerprint density at radius 2 is 1.95 bits per heavy atom. The van der Waals surface area contributed by atoms with Gasteiger partial charge in [0.2, 0.25) is 11.4 Å². The highest BCUT2D eigenvalue weighted by Gasteiger charge is 2.11. The summed E-state index contributed by atoms with van der Waals surface area (Å²) in [7, 11) is 0. The smallest absolute Gasteiger partial charge is 0.258 e. The summed E-state index contributed by atoms with van der Waals surface area (Å²) in [5.74, 6) is 0.832. The number of aromatic amines is 2. The second-order valence-corrected chi connectivity index (χ2v) is 4.50. The van der Waals surface area contributed by atoms with Crippen LogP contribution in [-0.4, -0.2) is 25.1 Å². The molecule has 0 saturated heterocycles. The second-order valence-electron chi connectivity index (χ2n) is 4.50. The van der Waals surface area contributed by atoms with Crippen LogP contribution >= 0.6 is 0 Å². The Labute approximate surface area is 117 Å². The number of hydrogen-bond acceptors (Lipinski definition) is 5. The molecule has 3 heterocycles. The number of benzene rings is 1. The summed E-state index contributed by atoms with van der Waals surface area (Å²) in [6.45, 7) is 0. The van der Waals surface area contributed by atoms with Crippen LogP contribution in [0, 0.1) is 0 Å². The summed E-state index contributed by atoms with van der Waals surface area (Å²) in [5.41, 5.74) is 3.09. The van der Waals surface area contributed by atoms with E-state index in [1.54, 1.807) is 18.6 Å². The van der Waals surface area contributed by atoms with Crippen molar-refractivity contribution < 1.29 is 4.52 Å². The third-order valence-electron chi connectivity index (χ3n) is 3.14. The first kappa shape index (κ1) is 11.6. The number of hydrogen-bond donors (Lipinski definition) is 2. The number of rotatable bonds is 2. The summed E-state index contributed by atoms with van der Waals surface area (Å²) < 4.78 is 5.27. The molecule has 0 amide bonds. The van der Waals surface area contributed by atoms with Crippen LogP contribution in [0.4, 0.5) is 0 Å². The van der Waals surface area contributed by atoms with E-state index >= 15 is 0 Å². The van der Waals surface area contributed by atoms with Crippen LogP contribution in [0.1, 0.15) is 0 Å². The number of fused-ring (bicyclic) bond motifs is 1. The van der Waals surface area contributed by atoms with Gasteiger partial charge in [-0.3, -0.25) is 4.79 Å².